The topological polar surface area (TPSA) is 24.4 Å². The summed E-state index contributed by atoms with van der Waals surface area (Å²) in [5.74, 6) is -1.24. The molecule has 0 spiro atoms. The van der Waals surface area contributed by atoms with Crippen LogP contribution in [-0.2, 0) is 0 Å². The molecule has 3 aromatic carbocycles. The lowest BCUT2D eigenvalue weighted by atomic mass is 10.1. The summed E-state index contributed by atoms with van der Waals surface area (Å²) in [6.07, 6.45) is 1.32. The van der Waals surface area contributed by atoms with Gasteiger partial charge in [0.1, 0.15) is 11.6 Å². The first-order valence-electron chi connectivity index (χ1n) is 6.45. The van der Waals surface area contributed by atoms with Crippen molar-refractivity contribution in [1.29, 1.82) is 0 Å². The second-order valence-corrected chi connectivity index (χ2v) is 4.60. The molecule has 0 bridgehead atoms. The van der Waals surface area contributed by atoms with Gasteiger partial charge in [0.05, 0.1) is 11.9 Å². The van der Waals surface area contributed by atoms with E-state index in [0.29, 0.717) is 0 Å². The highest BCUT2D eigenvalue weighted by molar-refractivity contribution is 5.86. The monoisotopic (exact) mass is 282 g/mol. The van der Waals surface area contributed by atoms with Crippen LogP contribution in [0.25, 0.3) is 10.8 Å². The van der Waals surface area contributed by atoms with Crippen LogP contribution in [0.1, 0.15) is 5.56 Å². The van der Waals surface area contributed by atoms with Crippen molar-refractivity contribution in [3.8, 4) is 0 Å². The van der Waals surface area contributed by atoms with Crippen LogP contribution in [0.2, 0.25) is 0 Å². The molecule has 0 heterocycles. The second-order valence-electron chi connectivity index (χ2n) is 4.60. The molecule has 0 unspecified atom stereocenters. The summed E-state index contributed by atoms with van der Waals surface area (Å²) in [7, 11) is 0. The molecular formula is C17H12F2N2. The third-order valence-electron chi connectivity index (χ3n) is 3.11. The number of rotatable bonds is 3. The SMILES string of the molecule is Fc1ccc(/C=N\Nc2ccc3ccccc3c2)c(F)c1. The molecule has 0 fully saturated rings. The van der Waals surface area contributed by atoms with Gasteiger partial charge in [-0.25, -0.2) is 8.78 Å². The van der Waals surface area contributed by atoms with Gasteiger partial charge in [0.25, 0.3) is 0 Å². The van der Waals surface area contributed by atoms with E-state index in [4.69, 9.17) is 0 Å². The van der Waals surface area contributed by atoms with Crippen LogP contribution in [0.5, 0.6) is 0 Å². The highest BCUT2D eigenvalue weighted by Gasteiger charge is 2.00. The number of halogens is 2. The number of anilines is 1. The first-order valence-corrected chi connectivity index (χ1v) is 6.45. The van der Waals surface area contributed by atoms with Crippen LogP contribution in [0.4, 0.5) is 14.5 Å². The molecule has 104 valence electrons. The fourth-order valence-corrected chi connectivity index (χ4v) is 2.04. The molecule has 3 aromatic rings. The molecule has 21 heavy (non-hydrogen) atoms. The van der Waals surface area contributed by atoms with Gasteiger partial charge in [-0.1, -0.05) is 30.3 Å². The lowest BCUT2D eigenvalue weighted by Gasteiger charge is -2.03. The second kappa shape index (κ2) is 5.71. The summed E-state index contributed by atoms with van der Waals surface area (Å²) >= 11 is 0. The van der Waals surface area contributed by atoms with Gasteiger partial charge in [-0.2, -0.15) is 5.10 Å². The zero-order chi connectivity index (χ0) is 14.7. The molecule has 3 rings (SSSR count). The third-order valence-corrected chi connectivity index (χ3v) is 3.11. The van der Waals surface area contributed by atoms with Gasteiger partial charge < -0.3 is 0 Å². The fraction of sp³-hybridized carbons (Fsp3) is 0. The van der Waals surface area contributed by atoms with E-state index in [0.717, 1.165) is 22.5 Å². The lowest BCUT2D eigenvalue weighted by molar-refractivity contribution is 0.582. The van der Waals surface area contributed by atoms with Crippen LogP contribution in [0.3, 0.4) is 0 Å². The van der Waals surface area contributed by atoms with Gasteiger partial charge in [0.2, 0.25) is 0 Å². The molecule has 0 saturated carbocycles. The smallest absolute Gasteiger partial charge is 0.134 e. The largest absolute Gasteiger partial charge is 0.278 e. The number of hydrazone groups is 1. The zero-order valence-electron chi connectivity index (χ0n) is 11.1. The number of fused-ring (bicyclic) bond motifs is 1. The lowest BCUT2D eigenvalue weighted by Crippen LogP contribution is -1.94. The van der Waals surface area contributed by atoms with Crippen LogP contribution in [-0.4, -0.2) is 6.21 Å². The van der Waals surface area contributed by atoms with Crippen molar-refractivity contribution in [2.24, 2.45) is 5.10 Å². The molecular weight excluding hydrogens is 270 g/mol. The standard InChI is InChI=1S/C17H12F2N2/c18-15-7-5-14(17(19)10-15)11-20-21-16-8-6-12-3-1-2-4-13(12)9-16/h1-11,21H/b20-11-. The molecule has 1 N–H and O–H groups in total. The quantitative estimate of drug-likeness (QED) is 0.552. The Labute approximate surface area is 120 Å². The van der Waals surface area contributed by atoms with Gasteiger partial charge in [-0.15, -0.1) is 0 Å². The first-order chi connectivity index (χ1) is 10.2. The summed E-state index contributed by atoms with van der Waals surface area (Å²) in [6, 6.07) is 17.2. The van der Waals surface area contributed by atoms with E-state index >= 15 is 0 Å². The maximum absolute atomic E-state index is 13.4. The zero-order valence-corrected chi connectivity index (χ0v) is 11.1. The summed E-state index contributed by atoms with van der Waals surface area (Å²) in [5, 5.41) is 6.20. The van der Waals surface area contributed by atoms with Crippen LogP contribution in [0, 0.1) is 11.6 Å². The summed E-state index contributed by atoms with van der Waals surface area (Å²) in [4.78, 5) is 0. The van der Waals surface area contributed by atoms with Crippen LogP contribution in [0.15, 0.2) is 65.8 Å². The van der Waals surface area contributed by atoms with Crippen molar-refractivity contribution >= 4 is 22.7 Å². The summed E-state index contributed by atoms with van der Waals surface area (Å²) in [5.41, 5.74) is 3.86. The highest BCUT2D eigenvalue weighted by atomic mass is 19.1. The van der Waals surface area contributed by atoms with Crippen molar-refractivity contribution in [1.82, 2.24) is 0 Å². The van der Waals surface area contributed by atoms with E-state index in [2.05, 4.69) is 10.5 Å². The van der Waals surface area contributed by atoms with E-state index in [1.165, 1.54) is 18.3 Å². The Kier molecular flexibility index (Phi) is 3.60. The molecule has 0 aliphatic heterocycles. The van der Waals surface area contributed by atoms with Crippen molar-refractivity contribution in [2.45, 2.75) is 0 Å². The maximum Gasteiger partial charge on any atom is 0.134 e. The predicted octanol–water partition coefficient (Wildman–Crippen LogP) is 4.56. The van der Waals surface area contributed by atoms with Crippen molar-refractivity contribution in [3.63, 3.8) is 0 Å². The molecule has 4 heteroatoms. The minimum absolute atomic E-state index is 0.227. The molecule has 0 amide bonds. The van der Waals surface area contributed by atoms with Gasteiger partial charge in [-0.3, -0.25) is 5.43 Å². The molecule has 0 aliphatic rings. The number of hydrogen-bond donors (Lipinski definition) is 1. The molecule has 0 atom stereocenters. The van der Waals surface area contributed by atoms with Gasteiger partial charge in [0, 0.05) is 11.6 Å². The number of benzene rings is 3. The van der Waals surface area contributed by atoms with Gasteiger partial charge in [0.15, 0.2) is 0 Å². The summed E-state index contributed by atoms with van der Waals surface area (Å²) < 4.78 is 26.2. The summed E-state index contributed by atoms with van der Waals surface area (Å²) in [6.45, 7) is 0. The Morgan fingerprint density at radius 2 is 1.67 bits per heavy atom. The fourth-order valence-electron chi connectivity index (χ4n) is 2.04. The predicted molar refractivity (Wildman–Crippen MR) is 81.5 cm³/mol. The first kappa shape index (κ1) is 13.2. The van der Waals surface area contributed by atoms with Crippen LogP contribution >= 0.6 is 0 Å². The van der Waals surface area contributed by atoms with Crippen molar-refractivity contribution in [2.75, 3.05) is 5.43 Å². The molecule has 2 nitrogen and oxygen atoms in total. The maximum atomic E-state index is 13.4. The molecule has 0 saturated heterocycles. The van der Waals surface area contributed by atoms with Gasteiger partial charge in [-0.05, 0) is 35.0 Å². The van der Waals surface area contributed by atoms with Crippen molar-refractivity contribution < 1.29 is 8.78 Å². The van der Waals surface area contributed by atoms with E-state index < -0.39 is 11.6 Å². The normalized spacial score (nSPS) is 11.1. The van der Waals surface area contributed by atoms with E-state index in [1.54, 1.807) is 0 Å². The molecule has 0 radical (unpaired) electrons. The Morgan fingerprint density at radius 3 is 2.48 bits per heavy atom. The number of nitrogens with one attached hydrogen (secondary N) is 1. The Balaban J connectivity index is 1.77. The highest BCUT2D eigenvalue weighted by Crippen LogP contribution is 2.18. The number of hydrogen-bond acceptors (Lipinski definition) is 2. The average Bonchev–Trinajstić information content (AvgIpc) is 2.49. The van der Waals surface area contributed by atoms with Crippen molar-refractivity contribution in [3.05, 3.63) is 77.9 Å². The Hall–Kier alpha value is -2.75. The Bertz CT molecular complexity index is 813. The number of nitrogens with zero attached hydrogens (tertiary/aromatic N) is 1. The van der Waals surface area contributed by atoms with Crippen LogP contribution < -0.4 is 5.43 Å². The minimum Gasteiger partial charge on any atom is -0.278 e. The third kappa shape index (κ3) is 3.05. The van der Waals surface area contributed by atoms with E-state index in [9.17, 15) is 8.78 Å². The average molecular weight is 282 g/mol. The Morgan fingerprint density at radius 1 is 0.857 bits per heavy atom. The van der Waals surface area contributed by atoms with E-state index in [1.807, 2.05) is 42.5 Å². The van der Waals surface area contributed by atoms with E-state index in [-0.39, 0.29) is 5.56 Å². The van der Waals surface area contributed by atoms with Gasteiger partial charge >= 0.3 is 0 Å². The molecule has 0 aromatic heterocycles. The molecule has 0 aliphatic carbocycles. The minimum atomic E-state index is -0.640.